The number of anilines is 1. The van der Waals surface area contributed by atoms with Crippen LogP contribution in [0, 0.1) is 17.2 Å². The van der Waals surface area contributed by atoms with Gasteiger partial charge in [-0.05, 0) is 44.7 Å². The van der Waals surface area contributed by atoms with Gasteiger partial charge in [0.05, 0.1) is 17.4 Å². The fraction of sp³-hybridized carbons (Fsp3) is 0.619. The van der Waals surface area contributed by atoms with E-state index >= 15 is 0 Å². The van der Waals surface area contributed by atoms with E-state index in [1.165, 1.54) is 0 Å². The van der Waals surface area contributed by atoms with Crippen molar-refractivity contribution in [2.24, 2.45) is 10.9 Å². The zero-order valence-corrected chi connectivity index (χ0v) is 18.9. The minimum atomic E-state index is -0.204. The number of aliphatic imine (C=N–C) groups is 1. The first kappa shape index (κ1) is 22.8. The number of nitrogens with one attached hydrogen (secondary N) is 2. The van der Waals surface area contributed by atoms with Gasteiger partial charge in [0.1, 0.15) is 6.07 Å². The Labute approximate surface area is 185 Å². The SMILES string of the molecule is CCNC(=NCC1CCCC1O)NC1CCCN(c2ccccc2C#N)C1.I. The van der Waals surface area contributed by atoms with Gasteiger partial charge >= 0.3 is 0 Å². The highest BCUT2D eigenvalue weighted by Gasteiger charge is 2.26. The Morgan fingerprint density at radius 2 is 2.11 bits per heavy atom. The molecule has 7 heteroatoms. The molecule has 1 aliphatic heterocycles. The molecule has 2 aliphatic rings. The largest absolute Gasteiger partial charge is 0.393 e. The van der Waals surface area contributed by atoms with Gasteiger partial charge in [-0.3, -0.25) is 4.99 Å². The Balaban J connectivity index is 0.00000280. The van der Waals surface area contributed by atoms with Crippen LogP contribution in [-0.4, -0.2) is 49.4 Å². The Bertz CT molecular complexity index is 690. The van der Waals surface area contributed by atoms with E-state index in [2.05, 4.69) is 28.5 Å². The summed E-state index contributed by atoms with van der Waals surface area (Å²) in [7, 11) is 0. The molecule has 0 radical (unpaired) electrons. The topological polar surface area (TPSA) is 83.7 Å². The molecule has 1 aromatic carbocycles. The first-order valence-electron chi connectivity index (χ1n) is 10.2. The Kier molecular flexibility index (Phi) is 9.32. The molecule has 28 heavy (non-hydrogen) atoms. The lowest BCUT2D eigenvalue weighted by atomic mass is 10.0. The van der Waals surface area contributed by atoms with Crippen LogP contribution in [0.4, 0.5) is 5.69 Å². The van der Waals surface area contributed by atoms with Gasteiger partial charge in [0.15, 0.2) is 5.96 Å². The summed E-state index contributed by atoms with van der Waals surface area (Å²) >= 11 is 0. The number of aliphatic hydroxyl groups is 1. The van der Waals surface area contributed by atoms with Crippen LogP contribution < -0.4 is 15.5 Å². The Morgan fingerprint density at radius 3 is 2.82 bits per heavy atom. The van der Waals surface area contributed by atoms with E-state index in [-0.39, 0.29) is 42.0 Å². The summed E-state index contributed by atoms with van der Waals surface area (Å²) in [5.41, 5.74) is 1.75. The van der Waals surface area contributed by atoms with Crippen molar-refractivity contribution >= 4 is 35.6 Å². The van der Waals surface area contributed by atoms with E-state index in [1.807, 2.05) is 24.3 Å². The number of nitriles is 1. The van der Waals surface area contributed by atoms with Crippen LogP contribution in [-0.2, 0) is 0 Å². The lowest BCUT2D eigenvalue weighted by Gasteiger charge is -2.35. The molecule has 1 aromatic rings. The van der Waals surface area contributed by atoms with E-state index in [4.69, 9.17) is 4.99 Å². The predicted molar refractivity (Wildman–Crippen MR) is 124 cm³/mol. The minimum Gasteiger partial charge on any atom is -0.393 e. The summed E-state index contributed by atoms with van der Waals surface area (Å²) in [5.74, 6) is 1.11. The average Bonchev–Trinajstić information content (AvgIpc) is 3.11. The molecule has 3 atom stereocenters. The lowest BCUT2D eigenvalue weighted by molar-refractivity contribution is 0.136. The first-order valence-corrected chi connectivity index (χ1v) is 10.2. The highest BCUT2D eigenvalue weighted by molar-refractivity contribution is 14.0. The number of hydrogen-bond donors (Lipinski definition) is 3. The molecule has 0 bridgehead atoms. The molecule has 1 saturated heterocycles. The van der Waals surface area contributed by atoms with Gasteiger partial charge in [0, 0.05) is 38.1 Å². The van der Waals surface area contributed by atoms with Crippen LogP contribution in [0.25, 0.3) is 0 Å². The number of benzene rings is 1. The van der Waals surface area contributed by atoms with Crippen molar-refractivity contribution < 1.29 is 5.11 Å². The number of guanidine groups is 1. The predicted octanol–water partition coefficient (Wildman–Crippen LogP) is 2.86. The van der Waals surface area contributed by atoms with Crippen LogP contribution in [0.5, 0.6) is 0 Å². The van der Waals surface area contributed by atoms with Gasteiger partial charge in [0.2, 0.25) is 0 Å². The maximum absolute atomic E-state index is 10.0. The summed E-state index contributed by atoms with van der Waals surface area (Å²) in [5, 5.41) is 26.3. The normalized spacial score (nSPS) is 25.0. The van der Waals surface area contributed by atoms with Crippen LogP contribution in [0.1, 0.15) is 44.6 Å². The van der Waals surface area contributed by atoms with Crippen LogP contribution in [0.15, 0.2) is 29.3 Å². The standard InChI is InChI=1S/C21H31N5O.HI/c1-2-23-21(24-14-17-8-5-11-20(17)27)25-18-9-6-12-26(15-18)19-10-4-3-7-16(19)13-22;/h3-4,7,10,17-18,20,27H,2,5-6,8-9,11-12,14-15H2,1H3,(H2,23,24,25);1H. The molecule has 0 spiro atoms. The molecule has 1 saturated carbocycles. The summed E-state index contributed by atoms with van der Waals surface area (Å²) in [6.07, 6.45) is 5.03. The molecule has 1 aliphatic carbocycles. The van der Waals surface area contributed by atoms with Gasteiger partial charge < -0.3 is 20.6 Å². The number of piperidine rings is 1. The van der Waals surface area contributed by atoms with Crippen LogP contribution in [0.3, 0.4) is 0 Å². The van der Waals surface area contributed by atoms with E-state index in [9.17, 15) is 10.4 Å². The smallest absolute Gasteiger partial charge is 0.191 e. The lowest BCUT2D eigenvalue weighted by Crippen LogP contribution is -2.51. The summed E-state index contributed by atoms with van der Waals surface area (Å²) in [6, 6.07) is 10.4. The van der Waals surface area contributed by atoms with Gasteiger partial charge in [-0.2, -0.15) is 5.26 Å². The van der Waals surface area contributed by atoms with Crippen molar-refractivity contribution in [3.63, 3.8) is 0 Å². The molecule has 154 valence electrons. The number of hydrogen-bond acceptors (Lipinski definition) is 4. The minimum absolute atomic E-state index is 0. The van der Waals surface area contributed by atoms with Gasteiger partial charge in [-0.25, -0.2) is 0 Å². The molecule has 3 rings (SSSR count). The second kappa shape index (κ2) is 11.5. The molecule has 6 nitrogen and oxygen atoms in total. The summed E-state index contributed by atoms with van der Waals surface area (Å²) in [4.78, 5) is 7.03. The number of aliphatic hydroxyl groups excluding tert-OH is 1. The second-order valence-electron chi connectivity index (χ2n) is 7.54. The number of nitrogens with zero attached hydrogens (tertiary/aromatic N) is 3. The van der Waals surface area contributed by atoms with Gasteiger partial charge in [-0.15, -0.1) is 24.0 Å². The van der Waals surface area contributed by atoms with Crippen molar-refractivity contribution in [1.82, 2.24) is 10.6 Å². The molecule has 2 fully saturated rings. The Hall–Kier alpha value is -1.53. The molecule has 3 unspecified atom stereocenters. The maximum atomic E-state index is 10.0. The van der Waals surface area contributed by atoms with Crippen LogP contribution >= 0.6 is 24.0 Å². The van der Waals surface area contributed by atoms with E-state index in [1.54, 1.807) is 0 Å². The van der Waals surface area contributed by atoms with E-state index in [0.717, 1.165) is 68.9 Å². The number of para-hydroxylation sites is 1. The van der Waals surface area contributed by atoms with Crippen molar-refractivity contribution in [2.75, 3.05) is 31.1 Å². The molecule has 3 N–H and O–H groups in total. The third kappa shape index (κ3) is 5.98. The molecule has 0 amide bonds. The summed E-state index contributed by atoms with van der Waals surface area (Å²) < 4.78 is 0. The number of halogens is 1. The quantitative estimate of drug-likeness (QED) is 0.331. The third-order valence-corrected chi connectivity index (χ3v) is 5.57. The van der Waals surface area contributed by atoms with Gasteiger partial charge in [-0.1, -0.05) is 18.6 Å². The highest BCUT2D eigenvalue weighted by Crippen LogP contribution is 2.26. The van der Waals surface area contributed by atoms with E-state index < -0.39 is 0 Å². The third-order valence-electron chi connectivity index (χ3n) is 5.57. The van der Waals surface area contributed by atoms with Crippen molar-refractivity contribution in [3.05, 3.63) is 29.8 Å². The fourth-order valence-electron chi connectivity index (χ4n) is 4.11. The van der Waals surface area contributed by atoms with Crippen molar-refractivity contribution in [3.8, 4) is 6.07 Å². The average molecular weight is 497 g/mol. The molecule has 0 aromatic heterocycles. The fourth-order valence-corrected chi connectivity index (χ4v) is 4.11. The first-order chi connectivity index (χ1) is 13.2. The van der Waals surface area contributed by atoms with Crippen LogP contribution in [0.2, 0.25) is 0 Å². The van der Waals surface area contributed by atoms with Gasteiger partial charge in [0.25, 0.3) is 0 Å². The highest BCUT2D eigenvalue weighted by atomic mass is 127. The van der Waals surface area contributed by atoms with E-state index in [0.29, 0.717) is 6.54 Å². The maximum Gasteiger partial charge on any atom is 0.191 e. The molecular weight excluding hydrogens is 465 g/mol. The second-order valence-corrected chi connectivity index (χ2v) is 7.54. The monoisotopic (exact) mass is 497 g/mol. The number of rotatable bonds is 5. The zero-order chi connectivity index (χ0) is 19.1. The van der Waals surface area contributed by atoms with Crippen molar-refractivity contribution in [1.29, 1.82) is 5.26 Å². The molecular formula is C21H32IN5O. The Morgan fingerprint density at radius 1 is 1.29 bits per heavy atom. The summed E-state index contributed by atoms with van der Waals surface area (Å²) in [6.45, 7) is 5.38. The van der Waals surface area contributed by atoms with Crippen molar-refractivity contribution in [2.45, 2.75) is 51.2 Å². The zero-order valence-electron chi connectivity index (χ0n) is 16.6. The molecule has 1 heterocycles.